The van der Waals surface area contributed by atoms with E-state index in [2.05, 4.69) is 0 Å². The highest BCUT2D eigenvalue weighted by atomic mass is 19.4. The number of hydrogen-bond donors (Lipinski definition) is 1. The van der Waals surface area contributed by atoms with Crippen LogP contribution in [0.25, 0.3) is 0 Å². The summed E-state index contributed by atoms with van der Waals surface area (Å²) in [5, 5.41) is 9.64. The van der Waals surface area contributed by atoms with E-state index in [-0.39, 0.29) is 24.2 Å². The van der Waals surface area contributed by atoms with Crippen LogP contribution in [-0.4, -0.2) is 35.1 Å². The number of carbonyl (C=O) groups excluding carboxylic acids is 1. The first-order valence-electron chi connectivity index (χ1n) is 8.69. The van der Waals surface area contributed by atoms with Crippen molar-refractivity contribution in [1.82, 2.24) is 0 Å². The molecule has 1 N–H and O–H groups in total. The van der Waals surface area contributed by atoms with Gasteiger partial charge in [-0.15, -0.1) is 0 Å². The minimum Gasteiger partial charge on any atom is -0.461 e. The Balaban J connectivity index is 1.98. The number of halogens is 6. The van der Waals surface area contributed by atoms with Gasteiger partial charge in [0.15, 0.2) is 11.0 Å². The van der Waals surface area contributed by atoms with Crippen molar-refractivity contribution in [2.75, 3.05) is 0 Å². The number of fused-ring (bicyclic) bond motifs is 2. The topological polar surface area (TPSA) is 46.5 Å². The van der Waals surface area contributed by atoms with Gasteiger partial charge in [0.2, 0.25) is 0 Å². The van der Waals surface area contributed by atoms with Crippen molar-refractivity contribution in [1.29, 1.82) is 0 Å². The van der Waals surface area contributed by atoms with Crippen LogP contribution in [0, 0.1) is 23.2 Å². The molecule has 0 heterocycles. The van der Waals surface area contributed by atoms with Gasteiger partial charge in [0, 0.05) is 0 Å². The van der Waals surface area contributed by atoms with Gasteiger partial charge >= 0.3 is 18.3 Å². The molecule has 152 valence electrons. The van der Waals surface area contributed by atoms with E-state index in [1.165, 1.54) is 6.92 Å². The predicted octanol–water partition coefficient (Wildman–Crippen LogP) is 4.63. The summed E-state index contributed by atoms with van der Waals surface area (Å²) < 4.78 is 83.1. The number of ether oxygens (including phenoxy) is 1. The Hall–Kier alpha value is -0.990. The fourth-order valence-corrected chi connectivity index (χ4v) is 4.09. The summed E-state index contributed by atoms with van der Waals surface area (Å²) in [5.74, 6) is -2.16. The van der Waals surface area contributed by atoms with E-state index >= 15 is 0 Å². The Morgan fingerprint density at radius 3 is 1.96 bits per heavy atom. The molecule has 0 saturated heterocycles. The predicted molar refractivity (Wildman–Crippen MR) is 79.9 cm³/mol. The molecule has 0 aromatic carbocycles. The monoisotopic (exact) mass is 390 g/mol. The zero-order chi connectivity index (χ0) is 20.1. The molecule has 2 bridgehead atoms. The minimum atomic E-state index is -4.74. The second-order valence-corrected chi connectivity index (χ2v) is 8.09. The highest BCUT2D eigenvalue weighted by Crippen LogP contribution is 2.54. The highest BCUT2D eigenvalue weighted by Gasteiger charge is 2.59. The first-order chi connectivity index (χ1) is 11.6. The molecule has 9 heteroatoms. The number of carbonyl (C=O) groups is 1. The Morgan fingerprint density at radius 1 is 1.00 bits per heavy atom. The normalized spacial score (nSPS) is 33.6. The third kappa shape index (κ3) is 3.68. The van der Waals surface area contributed by atoms with Crippen molar-refractivity contribution in [3.05, 3.63) is 0 Å². The van der Waals surface area contributed by atoms with Gasteiger partial charge in [-0.25, -0.2) is 0 Å². The summed E-state index contributed by atoms with van der Waals surface area (Å²) in [5.41, 5.74) is -5.39. The summed E-state index contributed by atoms with van der Waals surface area (Å²) in [4.78, 5) is 12.1. The van der Waals surface area contributed by atoms with Gasteiger partial charge in [0.25, 0.3) is 0 Å². The molecule has 6 atom stereocenters. The van der Waals surface area contributed by atoms with Gasteiger partial charge in [-0.05, 0) is 63.7 Å². The SMILES string of the molecule is CCC(C)(C(=O)OC1CC2CC1CC2CC(C)(O)C(F)(F)F)C(F)(F)F. The quantitative estimate of drug-likeness (QED) is 0.550. The largest absolute Gasteiger partial charge is 0.461 e. The van der Waals surface area contributed by atoms with Gasteiger partial charge < -0.3 is 9.84 Å². The molecule has 0 radical (unpaired) electrons. The summed E-state index contributed by atoms with van der Waals surface area (Å²) in [7, 11) is 0. The van der Waals surface area contributed by atoms with Crippen molar-refractivity contribution in [3.8, 4) is 0 Å². The van der Waals surface area contributed by atoms with E-state index in [0.717, 1.165) is 13.8 Å². The number of hydrogen-bond acceptors (Lipinski definition) is 3. The third-order valence-electron chi connectivity index (χ3n) is 6.25. The average molecular weight is 390 g/mol. The number of esters is 1. The minimum absolute atomic E-state index is 0.189. The molecule has 3 nitrogen and oxygen atoms in total. The van der Waals surface area contributed by atoms with Crippen molar-refractivity contribution < 1.29 is 41.0 Å². The lowest BCUT2D eigenvalue weighted by Gasteiger charge is -2.35. The van der Waals surface area contributed by atoms with Crippen molar-refractivity contribution in [2.45, 2.75) is 76.9 Å². The van der Waals surface area contributed by atoms with E-state index < -0.39 is 48.3 Å². The molecular weight excluding hydrogens is 366 g/mol. The number of alkyl halides is 6. The van der Waals surface area contributed by atoms with Gasteiger partial charge in [0.1, 0.15) is 6.10 Å². The van der Waals surface area contributed by atoms with E-state index in [9.17, 15) is 36.2 Å². The van der Waals surface area contributed by atoms with Gasteiger partial charge in [0.05, 0.1) is 0 Å². The second kappa shape index (κ2) is 6.56. The van der Waals surface area contributed by atoms with Crippen LogP contribution in [0.3, 0.4) is 0 Å². The molecule has 0 amide bonds. The smallest absolute Gasteiger partial charge is 0.416 e. The van der Waals surface area contributed by atoms with Gasteiger partial charge in [-0.1, -0.05) is 6.92 Å². The van der Waals surface area contributed by atoms with Crippen LogP contribution >= 0.6 is 0 Å². The average Bonchev–Trinajstić information content (AvgIpc) is 3.02. The standard InChI is InChI=1S/C17H24F6O3/c1-4-14(2,16(18,19)20)13(24)26-12-7-9-5-10(12)6-11(9)8-15(3,25)17(21,22)23/h9-12,25H,4-8H2,1-3H3. The molecule has 6 unspecified atom stereocenters. The van der Waals surface area contributed by atoms with Crippen LogP contribution in [0.2, 0.25) is 0 Å². The van der Waals surface area contributed by atoms with Crippen LogP contribution in [-0.2, 0) is 9.53 Å². The maximum atomic E-state index is 13.1. The lowest BCUT2D eigenvalue weighted by Crippen LogP contribution is -2.46. The first kappa shape index (κ1) is 21.3. The Labute approximate surface area is 148 Å². The van der Waals surface area contributed by atoms with E-state index in [0.29, 0.717) is 12.8 Å². The molecule has 2 saturated carbocycles. The molecule has 0 aromatic rings. The molecule has 2 fully saturated rings. The third-order valence-corrected chi connectivity index (χ3v) is 6.25. The van der Waals surface area contributed by atoms with Crippen molar-refractivity contribution in [3.63, 3.8) is 0 Å². The van der Waals surface area contributed by atoms with Crippen LogP contribution in [0.15, 0.2) is 0 Å². The lowest BCUT2D eigenvalue weighted by atomic mass is 9.79. The Kier molecular flexibility index (Phi) is 5.38. The summed E-state index contributed by atoms with van der Waals surface area (Å²) in [6.07, 6.45) is -10.0. The van der Waals surface area contributed by atoms with Gasteiger partial charge in [-0.3, -0.25) is 4.79 Å². The number of rotatable bonds is 5. The summed E-state index contributed by atoms with van der Waals surface area (Å²) >= 11 is 0. The Morgan fingerprint density at radius 2 is 1.58 bits per heavy atom. The zero-order valence-corrected chi connectivity index (χ0v) is 14.9. The van der Waals surface area contributed by atoms with Gasteiger partial charge in [-0.2, -0.15) is 26.3 Å². The molecule has 26 heavy (non-hydrogen) atoms. The van der Waals surface area contributed by atoms with Crippen LogP contribution < -0.4 is 0 Å². The van der Waals surface area contributed by atoms with E-state index in [4.69, 9.17) is 4.74 Å². The van der Waals surface area contributed by atoms with Crippen LogP contribution in [0.4, 0.5) is 26.3 Å². The zero-order valence-electron chi connectivity index (χ0n) is 14.9. The maximum Gasteiger partial charge on any atom is 0.416 e. The molecule has 2 aliphatic rings. The molecular formula is C17H24F6O3. The molecule has 0 aliphatic heterocycles. The second-order valence-electron chi connectivity index (χ2n) is 8.09. The van der Waals surface area contributed by atoms with E-state index in [1.807, 2.05) is 0 Å². The van der Waals surface area contributed by atoms with Crippen LogP contribution in [0.5, 0.6) is 0 Å². The maximum absolute atomic E-state index is 13.1. The van der Waals surface area contributed by atoms with Crippen LogP contribution in [0.1, 0.15) is 52.9 Å². The Bertz CT molecular complexity index is 542. The summed E-state index contributed by atoms with van der Waals surface area (Å²) in [6.45, 7) is 2.78. The summed E-state index contributed by atoms with van der Waals surface area (Å²) in [6, 6.07) is 0. The number of aliphatic hydroxyl groups is 1. The molecule has 2 rings (SSSR count). The first-order valence-corrected chi connectivity index (χ1v) is 8.69. The molecule has 2 aliphatic carbocycles. The lowest BCUT2D eigenvalue weighted by molar-refractivity contribution is -0.259. The van der Waals surface area contributed by atoms with Crippen molar-refractivity contribution in [2.24, 2.45) is 23.2 Å². The van der Waals surface area contributed by atoms with E-state index in [1.54, 1.807) is 0 Å². The fraction of sp³-hybridized carbons (Fsp3) is 0.941. The molecule has 0 aromatic heterocycles. The van der Waals surface area contributed by atoms with Crippen molar-refractivity contribution >= 4 is 5.97 Å². The molecule has 0 spiro atoms. The fourth-order valence-electron chi connectivity index (χ4n) is 4.09. The highest BCUT2D eigenvalue weighted by molar-refractivity contribution is 5.77.